The Hall–Kier alpha value is -1.43. The Bertz CT molecular complexity index is 373. The van der Waals surface area contributed by atoms with Gasteiger partial charge in [0.05, 0.1) is 6.04 Å². The van der Waals surface area contributed by atoms with E-state index in [0.717, 1.165) is 19.3 Å². The molecule has 0 unspecified atom stereocenters. The van der Waals surface area contributed by atoms with Crippen LogP contribution in [0.25, 0.3) is 0 Å². The van der Waals surface area contributed by atoms with E-state index in [2.05, 4.69) is 15.5 Å². The number of nitrogens with one attached hydrogen (secondary N) is 1. The van der Waals surface area contributed by atoms with Crippen molar-refractivity contribution in [3.8, 4) is 0 Å². The largest absolute Gasteiger partial charge is 0.408 e. The van der Waals surface area contributed by atoms with Gasteiger partial charge in [-0.2, -0.15) is 0 Å². The summed E-state index contributed by atoms with van der Waals surface area (Å²) in [6, 6.07) is -0.361. The highest BCUT2D eigenvalue weighted by Crippen LogP contribution is 2.39. The molecule has 6 nitrogen and oxygen atoms in total. The van der Waals surface area contributed by atoms with Crippen LogP contribution in [0.15, 0.2) is 4.42 Å². The Morgan fingerprint density at radius 3 is 3.00 bits per heavy atom. The zero-order valence-electron chi connectivity index (χ0n) is 9.27. The van der Waals surface area contributed by atoms with Crippen LogP contribution in [0.3, 0.4) is 0 Å². The van der Waals surface area contributed by atoms with Gasteiger partial charge in [-0.25, -0.2) is 0 Å². The molecule has 88 valence electrons. The maximum Gasteiger partial charge on any atom is 0.322 e. The van der Waals surface area contributed by atoms with Gasteiger partial charge in [0.15, 0.2) is 0 Å². The predicted molar refractivity (Wildman–Crippen MR) is 57.8 cm³/mol. The van der Waals surface area contributed by atoms with Crippen LogP contribution in [0.5, 0.6) is 0 Å². The van der Waals surface area contributed by atoms with E-state index in [-0.39, 0.29) is 11.9 Å². The van der Waals surface area contributed by atoms with Gasteiger partial charge in [0.2, 0.25) is 11.8 Å². The van der Waals surface area contributed by atoms with E-state index in [1.165, 1.54) is 0 Å². The van der Waals surface area contributed by atoms with Gasteiger partial charge >= 0.3 is 6.01 Å². The molecule has 0 aliphatic heterocycles. The molecule has 1 atom stereocenters. The molecule has 0 aromatic carbocycles. The second-order valence-electron chi connectivity index (χ2n) is 4.10. The van der Waals surface area contributed by atoms with Crippen LogP contribution in [-0.4, -0.2) is 22.1 Å². The lowest BCUT2D eigenvalue weighted by molar-refractivity contribution is -0.117. The van der Waals surface area contributed by atoms with Gasteiger partial charge in [-0.3, -0.25) is 10.1 Å². The van der Waals surface area contributed by atoms with Crippen LogP contribution in [0, 0.1) is 0 Å². The van der Waals surface area contributed by atoms with Crippen molar-refractivity contribution >= 4 is 11.9 Å². The van der Waals surface area contributed by atoms with Gasteiger partial charge in [-0.15, -0.1) is 5.10 Å². The summed E-state index contributed by atoms with van der Waals surface area (Å²) in [6.45, 7) is 1.98. The SMILES string of the molecule is CCC[C@@H](N)C(=O)Nc1nnc(C2CC2)o1. The van der Waals surface area contributed by atoms with Crippen molar-refractivity contribution in [3.63, 3.8) is 0 Å². The minimum absolute atomic E-state index is 0.151. The molecule has 1 heterocycles. The Morgan fingerprint density at radius 2 is 2.38 bits per heavy atom. The summed E-state index contributed by atoms with van der Waals surface area (Å²) in [5, 5.41) is 10.1. The van der Waals surface area contributed by atoms with Crippen molar-refractivity contribution < 1.29 is 9.21 Å². The van der Waals surface area contributed by atoms with E-state index >= 15 is 0 Å². The molecule has 1 amide bonds. The van der Waals surface area contributed by atoms with E-state index in [1.807, 2.05) is 6.92 Å². The number of nitrogens with two attached hydrogens (primary N) is 1. The molecular weight excluding hydrogens is 208 g/mol. The van der Waals surface area contributed by atoms with Gasteiger partial charge in [-0.1, -0.05) is 18.4 Å². The molecule has 3 N–H and O–H groups in total. The third kappa shape index (κ3) is 2.57. The van der Waals surface area contributed by atoms with Crippen LogP contribution < -0.4 is 11.1 Å². The summed E-state index contributed by atoms with van der Waals surface area (Å²) in [4.78, 5) is 11.5. The maximum atomic E-state index is 11.5. The number of carbonyl (C=O) groups excluding carboxylic acids is 1. The summed E-state index contributed by atoms with van der Waals surface area (Å²) >= 11 is 0. The van der Waals surface area contributed by atoms with E-state index in [0.29, 0.717) is 18.2 Å². The fraction of sp³-hybridized carbons (Fsp3) is 0.700. The molecular formula is C10H16N4O2. The number of aromatic nitrogens is 2. The lowest BCUT2D eigenvalue weighted by Gasteiger charge is -2.07. The van der Waals surface area contributed by atoms with Crippen LogP contribution in [0.1, 0.15) is 44.4 Å². The molecule has 2 rings (SSSR count). The number of rotatable bonds is 5. The number of hydrogen-bond donors (Lipinski definition) is 2. The van der Waals surface area contributed by atoms with Crippen molar-refractivity contribution in [2.45, 2.75) is 44.6 Å². The molecule has 1 aromatic rings. The summed E-state index contributed by atoms with van der Waals surface area (Å²) in [5.41, 5.74) is 5.65. The zero-order chi connectivity index (χ0) is 11.5. The fourth-order valence-electron chi connectivity index (χ4n) is 1.42. The quantitative estimate of drug-likeness (QED) is 0.778. The normalized spacial score (nSPS) is 17.1. The van der Waals surface area contributed by atoms with Crippen LogP contribution >= 0.6 is 0 Å². The maximum absolute atomic E-state index is 11.5. The minimum Gasteiger partial charge on any atom is -0.408 e. The lowest BCUT2D eigenvalue weighted by Crippen LogP contribution is -2.35. The highest BCUT2D eigenvalue weighted by molar-refractivity contribution is 5.92. The van der Waals surface area contributed by atoms with E-state index in [9.17, 15) is 4.79 Å². The van der Waals surface area contributed by atoms with Gasteiger partial charge in [0.1, 0.15) is 0 Å². The smallest absolute Gasteiger partial charge is 0.322 e. The van der Waals surface area contributed by atoms with Crippen LogP contribution in [-0.2, 0) is 4.79 Å². The second-order valence-corrected chi connectivity index (χ2v) is 4.10. The highest BCUT2D eigenvalue weighted by atomic mass is 16.4. The Morgan fingerprint density at radius 1 is 1.62 bits per heavy atom. The molecule has 1 saturated carbocycles. The Balaban J connectivity index is 1.89. The summed E-state index contributed by atoms with van der Waals surface area (Å²) in [7, 11) is 0. The molecule has 0 radical (unpaired) electrons. The molecule has 1 aromatic heterocycles. The highest BCUT2D eigenvalue weighted by Gasteiger charge is 2.29. The predicted octanol–water partition coefficient (Wildman–Crippen LogP) is 1.01. The summed E-state index contributed by atoms with van der Waals surface area (Å²) < 4.78 is 5.30. The van der Waals surface area contributed by atoms with E-state index < -0.39 is 6.04 Å². The van der Waals surface area contributed by atoms with Gasteiger partial charge < -0.3 is 10.2 Å². The van der Waals surface area contributed by atoms with Crippen molar-refractivity contribution in [2.75, 3.05) is 5.32 Å². The molecule has 0 spiro atoms. The van der Waals surface area contributed by atoms with Crippen molar-refractivity contribution in [1.29, 1.82) is 0 Å². The average Bonchev–Trinajstić information content (AvgIpc) is 3.01. The number of anilines is 1. The Kier molecular flexibility index (Phi) is 3.19. The summed E-state index contributed by atoms with van der Waals surface area (Å²) in [6.07, 6.45) is 3.69. The van der Waals surface area contributed by atoms with Crippen molar-refractivity contribution in [3.05, 3.63) is 5.89 Å². The standard InChI is InChI=1S/C10H16N4O2/c1-2-3-7(11)8(15)12-10-14-13-9(16-10)6-4-5-6/h6-7H,2-5,11H2,1H3,(H,12,14,15)/t7-/m1/s1. The lowest BCUT2D eigenvalue weighted by atomic mass is 10.2. The van der Waals surface area contributed by atoms with Crippen LogP contribution in [0.2, 0.25) is 0 Å². The van der Waals surface area contributed by atoms with E-state index in [4.69, 9.17) is 10.2 Å². The molecule has 6 heteroatoms. The number of amides is 1. The van der Waals surface area contributed by atoms with E-state index in [1.54, 1.807) is 0 Å². The monoisotopic (exact) mass is 224 g/mol. The second kappa shape index (κ2) is 4.61. The zero-order valence-corrected chi connectivity index (χ0v) is 9.27. The first-order valence-electron chi connectivity index (χ1n) is 5.60. The van der Waals surface area contributed by atoms with Gasteiger partial charge in [0.25, 0.3) is 0 Å². The van der Waals surface area contributed by atoms with Gasteiger partial charge in [0, 0.05) is 5.92 Å². The molecule has 0 bridgehead atoms. The number of hydrogen-bond acceptors (Lipinski definition) is 5. The topological polar surface area (TPSA) is 94.0 Å². The first-order chi connectivity index (χ1) is 7.70. The molecule has 1 fully saturated rings. The third-order valence-electron chi connectivity index (χ3n) is 2.53. The minimum atomic E-state index is -0.513. The average molecular weight is 224 g/mol. The van der Waals surface area contributed by atoms with Crippen molar-refractivity contribution in [2.24, 2.45) is 5.73 Å². The van der Waals surface area contributed by atoms with Gasteiger partial charge in [-0.05, 0) is 19.3 Å². The van der Waals surface area contributed by atoms with Crippen LogP contribution in [0.4, 0.5) is 6.01 Å². The summed E-state index contributed by atoms with van der Waals surface area (Å²) in [5.74, 6) is 0.731. The number of carbonyl (C=O) groups is 1. The van der Waals surface area contributed by atoms with Crippen molar-refractivity contribution in [1.82, 2.24) is 10.2 Å². The first kappa shape index (κ1) is 11.1. The first-order valence-corrected chi connectivity index (χ1v) is 5.60. The third-order valence-corrected chi connectivity index (χ3v) is 2.53. The fourth-order valence-corrected chi connectivity index (χ4v) is 1.42. The Labute approximate surface area is 93.6 Å². The molecule has 16 heavy (non-hydrogen) atoms. The molecule has 1 aliphatic carbocycles. The molecule has 1 aliphatic rings. The molecule has 0 saturated heterocycles. The number of nitrogens with zero attached hydrogens (tertiary/aromatic N) is 2.